The summed E-state index contributed by atoms with van der Waals surface area (Å²) in [6.45, 7) is 0.647. The summed E-state index contributed by atoms with van der Waals surface area (Å²) >= 11 is 0. The maximum atomic E-state index is 11.6. The number of unbranched alkanes of at least 4 members (excludes halogenated alkanes) is 11. The van der Waals surface area contributed by atoms with Gasteiger partial charge in [0, 0.05) is 0 Å². The van der Waals surface area contributed by atoms with Crippen LogP contribution < -0.4 is 5.73 Å². The molecule has 0 bridgehead atoms. The summed E-state index contributed by atoms with van der Waals surface area (Å²) in [6.07, 6.45) is 12.8. The van der Waals surface area contributed by atoms with Gasteiger partial charge in [-0.05, 0) is 12.8 Å². The first kappa shape index (κ1) is 31.4. The van der Waals surface area contributed by atoms with Crippen molar-refractivity contribution in [3.05, 3.63) is 0 Å². The number of nitrogens with two attached hydrogens (primary N) is 1. The number of carboxylic acids is 1. The van der Waals surface area contributed by atoms with Gasteiger partial charge in [0.2, 0.25) is 0 Å². The molecule has 0 spiro atoms. The Morgan fingerprint density at radius 1 is 0.844 bits per heavy atom. The lowest BCUT2D eigenvalue weighted by atomic mass is 10.0. The Morgan fingerprint density at radius 3 is 1.81 bits per heavy atom. The van der Waals surface area contributed by atoms with Gasteiger partial charge in [0.05, 0.1) is 19.8 Å². The van der Waals surface area contributed by atoms with Crippen LogP contribution in [0.5, 0.6) is 0 Å². The van der Waals surface area contributed by atoms with Gasteiger partial charge in [0.1, 0.15) is 12.1 Å². The highest BCUT2D eigenvalue weighted by atomic mass is 31.2. The number of carboxylic acid groups (broad SMARTS) is 1. The second-order valence-electron chi connectivity index (χ2n) is 8.12. The molecule has 0 aromatic carbocycles. The summed E-state index contributed by atoms with van der Waals surface area (Å²) in [5, 5.41) is 28.1. The van der Waals surface area contributed by atoms with Gasteiger partial charge in [-0.25, -0.2) is 4.57 Å². The zero-order valence-corrected chi connectivity index (χ0v) is 20.3. The van der Waals surface area contributed by atoms with E-state index in [0.29, 0.717) is 6.42 Å². The van der Waals surface area contributed by atoms with Crippen molar-refractivity contribution in [3.63, 3.8) is 0 Å². The van der Waals surface area contributed by atoms with Gasteiger partial charge >= 0.3 is 13.8 Å². The van der Waals surface area contributed by atoms with Crippen LogP contribution >= 0.6 is 7.82 Å². The largest absolute Gasteiger partial charge is 0.480 e. The first-order chi connectivity index (χ1) is 15.2. The van der Waals surface area contributed by atoms with Crippen LogP contribution in [0, 0.1) is 0 Å². The molecule has 32 heavy (non-hydrogen) atoms. The second-order valence-corrected chi connectivity index (χ2v) is 9.58. The van der Waals surface area contributed by atoms with Crippen molar-refractivity contribution in [2.45, 2.75) is 109 Å². The van der Waals surface area contributed by atoms with Gasteiger partial charge in [-0.2, -0.15) is 0 Å². The molecule has 0 radical (unpaired) electrons. The maximum Gasteiger partial charge on any atom is 0.472 e. The van der Waals surface area contributed by atoms with Crippen LogP contribution in [0.1, 0.15) is 90.4 Å². The number of aliphatic hydroxyl groups is 2. The fraction of sp³-hybridized carbons (Fsp3) is 0.952. The van der Waals surface area contributed by atoms with Gasteiger partial charge < -0.3 is 30.7 Å². The van der Waals surface area contributed by atoms with Crippen LogP contribution in [-0.4, -0.2) is 64.4 Å². The van der Waals surface area contributed by atoms with Gasteiger partial charge in [0.25, 0.3) is 0 Å². The summed E-state index contributed by atoms with van der Waals surface area (Å²) in [6, 6.07) is -1.47. The molecule has 4 unspecified atom stereocenters. The van der Waals surface area contributed by atoms with E-state index < -0.39 is 45.4 Å². The molecule has 0 aliphatic rings. The molecule has 10 nitrogen and oxygen atoms in total. The quantitative estimate of drug-likeness (QED) is 0.0822. The number of hydrogen-bond donors (Lipinski definition) is 5. The van der Waals surface area contributed by atoms with Crippen LogP contribution in [0.2, 0.25) is 0 Å². The molecule has 0 heterocycles. The Kier molecular flexibility index (Phi) is 19.5. The van der Waals surface area contributed by atoms with Crippen molar-refractivity contribution >= 4 is 13.8 Å². The summed E-state index contributed by atoms with van der Waals surface area (Å²) in [4.78, 5) is 19.9. The minimum Gasteiger partial charge on any atom is -0.480 e. The number of phosphoric acid groups is 1. The average Bonchev–Trinajstić information content (AvgIpc) is 2.75. The van der Waals surface area contributed by atoms with Crippen molar-refractivity contribution in [2.24, 2.45) is 5.73 Å². The number of phosphoric ester groups is 1. The number of hydrogen-bond acceptors (Lipinski definition) is 8. The molecule has 0 aromatic rings. The van der Waals surface area contributed by atoms with Gasteiger partial charge in [-0.1, -0.05) is 77.6 Å². The highest BCUT2D eigenvalue weighted by Gasteiger charge is 2.26. The molecular weight excluding hydrogens is 441 g/mol. The number of rotatable bonds is 23. The molecule has 0 aliphatic heterocycles. The highest BCUT2D eigenvalue weighted by molar-refractivity contribution is 7.47. The predicted octanol–water partition coefficient (Wildman–Crippen LogP) is 3.32. The molecule has 0 saturated carbocycles. The van der Waals surface area contributed by atoms with E-state index in [0.717, 1.165) is 19.3 Å². The molecule has 0 saturated heterocycles. The number of aliphatic carboxylic acids is 1. The van der Waals surface area contributed by atoms with E-state index in [1.165, 1.54) is 57.8 Å². The van der Waals surface area contributed by atoms with Crippen LogP contribution in [-0.2, 0) is 23.1 Å². The third-order valence-electron chi connectivity index (χ3n) is 4.95. The topological polar surface area (TPSA) is 169 Å². The molecule has 0 fully saturated rings. The lowest BCUT2D eigenvalue weighted by Gasteiger charge is -2.18. The number of ether oxygens (including phenoxy) is 1. The zero-order valence-electron chi connectivity index (χ0n) is 19.4. The minimum absolute atomic E-state index is 0.284. The lowest BCUT2D eigenvalue weighted by Crippen LogP contribution is -2.34. The SMILES string of the molecule is CCCCCCCCCCCCCCC(O)OCC(O)COP(=O)(O)OCC(N)C(=O)O. The molecule has 6 N–H and O–H groups in total. The van der Waals surface area contributed by atoms with E-state index in [2.05, 4.69) is 16.0 Å². The number of carbonyl (C=O) groups is 1. The van der Waals surface area contributed by atoms with E-state index in [1.807, 2.05) is 0 Å². The Labute approximate surface area is 192 Å². The first-order valence-corrected chi connectivity index (χ1v) is 13.3. The van der Waals surface area contributed by atoms with E-state index >= 15 is 0 Å². The molecule has 0 rings (SSSR count). The third kappa shape index (κ3) is 20.1. The maximum absolute atomic E-state index is 11.6. The average molecular weight is 486 g/mol. The monoisotopic (exact) mass is 485 g/mol. The summed E-state index contributed by atoms with van der Waals surface area (Å²) in [7, 11) is -4.55. The minimum atomic E-state index is -4.55. The fourth-order valence-corrected chi connectivity index (χ4v) is 3.76. The molecule has 192 valence electrons. The van der Waals surface area contributed by atoms with Gasteiger partial charge in [-0.3, -0.25) is 13.8 Å². The normalized spacial score (nSPS) is 16.4. The predicted molar refractivity (Wildman–Crippen MR) is 121 cm³/mol. The lowest BCUT2D eigenvalue weighted by molar-refractivity contribution is -0.139. The van der Waals surface area contributed by atoms with Crippen molar-refractivity contribution < 1.29 is 43.4 Å². The Hall–Kier alpha value is -0.580. The fourth-order valence-electron chi connectivity index (χ4n) is 2.98. The van der Waals surface area contributed by atoms with Crippen LogP contribution in [0.25, 0.3) is 0 Å². The van der Waals surface area contributed by atoms with Crippen molar-refractivity contribution in [1.29, 1.82) is 0 Å². The van der Waals surface area contributed by atoms with Crippen molar-refractivity contribution in [3.8, 4) is 0 Å². The van der Waals surface area contributed by atoms with E-state index in [-0.39, 0.29) is 6.61 Å². The molecule has 0 aromatic heterocycles. The summed E-state index contributed by atoms with van der Waals surface area (Å²) in [5.41, 5.74) is 5.16. The van der Waals surface area contributed by atoms with E-state index in [4.69, 9.17) is 15.6 Å². The summed E-state index contributed by atoms with van der Waals surface area (Å²) in [5.74, 6) is -1.39. The zero-order chi connectivity index (χ0) is 24.2. The smallest absolute Gasteiger partial charge is 0.472 e. The standard InChI is InChI=1S/C21H44NO9P/c1-2-3-4-5-6-7-8-9-10-11-12-13-14-20(24)29-15-18(23)16-30-32(27,28)31-17-19(22)21(25)26/h18-20,23-24H,2-17,22H2,1H3,(H,25,26)(H,27,28). The third-order valence-corrected chi connectivity index (χ3v) is 5.90. The van der Waals surface area contributed by atoms with Crippen LogP contribution in [0.15, 0.2) is 0 Å². The number of aliphatic hydroxyl groups excluding tert-OH is 2. The van der Waals surface area contributed by atoms with Gasteiger partial charge in [-0.15, -0.1) is 0 Å². The second kappa shape index (κ2) is 19.9. The van der Waals surface area contributed by atoms with Crippen molar-refractivity contribution in [1.82, 2.24) is 0 Å². The van der Waals surface area contributed by atoms with Crippen LogP contribution in [0.3, 0.4) is 0 Å². The highest BCUT2D eigenvalue weighted by Crippen LogP contribution is 2.43. The molecule has 11 heteroatoms. The molecule has 4 atom stereocenters. The Morgan fingerprint density at radius 2 is 1.31 bits per heavy atom. The Balaban J connectivity index is 3.62. The summed E-state index contributed by atoms with van der Waals surface area (Å²) < 4.78 is 25.7. The van der Waals surface area contributed by atoms with Gasteiger partial charge in [0.15, 0.2) is 6.29 Å². The Bertz CT molecular complexity index is 510. The van der Waals surface area contributed by atoms with Crippen molar-refractivity contribution in [2.75, 3.05) is 19.8 Å². The van der Waals surface area contributed by atoms with Crippen LogP contribution in [0.4, 0.5) is 0 Å². The molecular formula is C21H44NO9P. The first-order valence-electron chi connectivity index (χ1n) is 11.8. The molecule has 0 amide bonds. The van der Waals surface area contributed by atoms with E-state index in [1.54, 1.807) is 0 Å². The molecule has 0 aliphatic carbocycles. The van der Waals surface area contributed by atoms with E-state index in [9.17, 15) is 24.5 Å².